The maximum Gasteiger partial charge on any atom is 0.326 e. The van der Waals surface area contributed by atoms with Crippen molar-refractivity contribution in [3.05, 3.63) is 0 Å². The Kier molecular flexibility index (Phi) is 5.75. The molecular formula is C12H21N3O4. The topological polar surface area (TPSA) is 113 Å². The van der Waals surface area contributed by atoms with Crippen LogP contribution in [0.5, 0.6) is 0 Å². The highest BCUT2D eigenvalue weighted by molar-refractivity contribution is 5.82. The normalized spacial score (nSPS) is 20.4. The number of nitrogens with zero attached hydrogens (tertiary/aromatic N) is 1. The summed E-state index contributed by atoms with van der Waals surface area (Å²) in [4.78, 5) is 34.9. The summed E-state index contributed by atoms with van der Waals surface area (Å²) in [5.74, 6) is -1.33. The van der Waals surface area contributed by atoms with Crippen LogP contribution in [0.2, 0.25) is 0 Å². The minimum absolute atomic E-state index is 0.0594. The van der Waals surface area contributed by atoms with Gasteiger partial charge in [0.05, 0.1) is 0 Å². The molecule has 0 aliphatic carbocycles. The van der Waals surface area contributed by atoms with Crippen molar-refractivity contribution in [1.29, 1.82) is 0 Å². The minimum Gasteiger partial charge on any atom is -0.480 e. The molecule has 0 saturated carbocycles. The van der Waals surface area contributed by atoms with Crippen molar-refractivity contribution in [3.8, 4) is 0 Å². The van der Waals surface area contributed by atoms with Crippen LogP contribution < -0.4 is 11.1 Å². The zero-order valence-electron chi connectivity index (χ0n) is 11.1. The molecule has 0 spiro atoms. The first-order valence-corrected chi connectivity index (χ1v) is 6.43. The Morgan fingerprint density at radius 2 is 2.21 bits per heavy atom. The summed E-state index contributed by atoms with van der Waals surface area (Å²) in [6.45, 7) is 2.46. The lowest BCUT2D eigenvalue weighted by Gasteiger charge is -2.17. The molecule has 0 radical (unpaired) electrons. The highest BCUT2D eigenvalue weighted by Gasteiger charge is 2.26. The van der Waals surface area contributed by atoms with E-state index in [4.69, 9.17) is 10.8 Å². The Hall–Kier alpha value is -1.63. The fraction of sp³-hybridized carbons (Fsp3) is 0.750. The third-order valence-corrected chi connectivity index (χ3v) is 3.09. The molecule has 2 atom stereocenters. The van der Waals surface area contributed by atoms with Gasteiger partial charge in [-0.25, -0.2) is 4.79 Å². The molecule has 0 aromatic carbocycles. The predicted octanol–water partition coefficient (Wildman–Crippen LogP) is -0.694. The first-order valence-electron chi connectivity index (χ1n) is 6.43. The number of aliphatic carboxylic acids is 1. The van der Waals surface area contributed by atoms with E-state index in [9.17, 15) is 14.4 Å². The molecule has 19 heavy (non-hydrogen) atoms. The van der Waals surface area contributed by atoms with Gasteiger partial charge in [-0.1, -0.05) is 0 Å². The molecule has 1 aliphatic rings. The summed E-state index contributed by atoms with van der Waals surface area (Å²) < 4.78 is 0. The zero-order chi connectivity index (χ0) is 14.4. The van der Waals surface area contributed by atoms with Crippen LogP contribution in [0.15, 0.2) is 0 Å². The van der Waals surface area contributed by atoms with E-state index < -0.39 is 12.0 Å². The van der Waals surface area contributed by atoms with Gasteiger partial charge in [0.2, 0.25) is 11.8 Å². The van der Waals surface area contributed by atoms with Crippen LogP contribution in [0, 0.1) is 0 Å². The molecule has 1 fully saturated rings. The quantitative estimate of drug-likeness (QED) is 0.530. The number of amides is 2. The number of nitrogens with one attached hydrogen (secondary N) is 1. The van der Waals surface area contributed by atoms with Gasteiger partial charge >= 0.3 is 5.97 Å². The number of hydrogen-bond acceptors (Lipinski definition) is 4. The smallest absolute Gasteiger partial charge is 0.326 e. The Balaban J connectivity index is 2.23. The second kappa shape index (κ2) is 7.08. The zero-order valence-corrected chi connectivity index (χ0v) is 11.1. The van der Waals surface area contributed by atoms with Gasteiger partial charge in [0.15, 0.2) is 0 Å². The van der Waals surface area contributed by atoms with Gasteiger partial charge in [0.25, 0.3) is 0 Å². The molecule has 1 heterocycles. The van der Waals surface area contributed by atoms with Crippen LogP contribution in [0.3, 0.4) is 0 Å². The molecule has 108 valence electrons. The summed E-state index contributed by atoms with van der Waals surface area (Å²) in [6, 6.07) is -0.937. The lowest BCUT2D eigenvalue weighted by Crippen LogP contribution is -2.39. The molecule has 7 nitrogen and oxygen atoms in total. The molecule has 0 bridgehead atoms. The van der Waals surface area contributed by atoms with E-state index in [2.05, 4.69) is 5.32 Å². The summed E-state index contributed by atoms with van der Waals surface area (Å²) in [7, 11) is 0. The summed E-state index contributed by atoms with van der Waals surface area (Å²) in [5, 5.41) is 11.3. The average molecular weight is 271 g/mol. The van der Waals surface area contributed by atoms with Gasteiger partial charge in [-0.2, -0.15) is 0 Å². The van der Waals surface area contributed by atoms with Gasteiger partial charge in [-0.05, 0) is 19.3 Å². The third-order valence-electron chi connectivity index (χ3n) is 3.09. The second-order valence-electron chi connectivity index (χ2n) is 4.89. The van der Waals surface area contributed by atoms with Crippen LogP contribution in [0.25, 0.3) is 0 Å². The van der Waals surface area contributed by atoms with E-state index in [0.29, 0.717) is 38.8 Å². The van der Waals surface area contributed by atoms with Crippen LogP contribution in [0.4, 0.5) is 0 Å². The minimum atomic E-state index is -1.03. The number of nitrogens with two attached hydrogens (primary N) is 1. The molecule has 1 rings (SSSR count). The molecule has 4 N–H and O–H groups in total. The van der Waals surface area contributed by atoms with Crippen LogP contribution in [-0.2, 0) is 14.4 Å². The lowest BCUT2D eigenvalue weighted by atomic mass is 10.1. The molecule has 0 aromatic rings. The number of likely N-dealkylation sites (tertiary alicyclic amines) is 1. The average Bonchev–Trinajstić information content (AvgIpc) is 2.61. The highest BCUT2D eigenvalue weighted by Crippen LogP contribution is 2.11. The number of rotatable bonds is 7. The maximum atomic E-state index is 11.5. The van der Waals surface area contributed by atoms with Crippen molar-refractivity contribution in [1.82, 2.24) is 10.2 Å². The van der Waals surface area contributed by atoms with Crippen molar-refractivity contribution in [3.63, 3.8) is 0 Å². The Morgan fingerprint density at radius 1 is 1.53 bits per heavy atom. The summed E-state index contributed by atoms with van der Waals surface area (Å²) in [6.07, 6.45) is 2.10. The third kappa shape index (κ3) is 5.25. The van der Waals surface area contributed by atoms with Crippen molar-refractivity contribution >= 4 is 17.8 Å². The number of carboxylic acids is 1. The molecule has 7 heteroatoms. The molecular weight excluding hydrogens is 250 g/mol. The number of unbranched alkanes of at least 4 members (excludes halogenated alkanes) is 1. The number of carboxylic acid groups (broad SMARTS) is 1. The Labute approximate surface area is 112 Å². The van der Waals surface area contributed by atoms with E-state index in [0.717, 1.165) is 0 Å². The van der Waals surface area contributed by atoms with E-state index in [1.54, 1.807) is 4.90 Å². The largest absolute Gasteiger partial charge is 0.480 e. The van der Waals surface area contributed by atoms with E-state index in [1.165, 1.54) is 6.92 Å². The van der Waals surface area contributed by atoms with Gasteiger partial charge in [0, 0.05) is 32.5 Å². The second-order valence-corrected chi connectivity index (χ2v) is 4.89. The predicted molar refractivity (Wildman–Crippen MR) is 68.3 cm³/mol. The van der Waals surface area contributed by atoms with Gasteiger partial charge in [-0.15, -0.1) is 0 Å². The number of hydrogen-bond donors (Lipinski definition) is 3. The molecule has 0 aromatic heterocycles. The SMILES string of the molecule is CC(=O)N[C@@H](CCCCN1CC(N)CC1=O)C(=O)O. The molecule has 1 aliphatic heterocycles. The van der Waals surface area contributed by atoms with Crippen molar-refractivity contribution < 1.29 is 19.5 Å². The van der Waals surface area contributed by atoms with E-state index in [1.807, 2.05) is 0 Å². The van der Waals surface area contributed by atoms with E-state index in [-0.39, 0.29) is 17.9 Å². The standard InChI is InChI=1S/C12H21N3O4/c1-8(16)14-10(12(18)19)4-2-3-5-15-7-9(13)6-11(15)17/h9-10H,2-7,13H2,1H3,(H,14,16)(H,18,19)/t9?,10-/m0/s1. The van der Waals surface area contributed by atoms with Crippen molar-refractivity contribution in [2.24, 2.45) is 5.73 Å². The van der Waals surface area contributed by atoms with Crippen molar-refractivity contribution in [2.45, 2.75) is 44.7 Å². The number of carbonyl (C=O) groups is 3. The van der Waals surface area contributed by atoms with Gasteiger partial charge in [0.1, 0.15) is 6.04 Å². The van der Waals surface area contributed by atoms with Crippen LogP contribution in [-0.4, -0.2) is 53.0 Å². The monoisotopic (exact) mass is 271 g/mol. The maximum absolute atomic E-state index is 11.5. The number of carbonyl (C=O) groups excluding carboxylic acids is 2. The van der Waals surface area contributed by atoms with Gasteiger partial charge in [-0.3, -0.25) is 9.59 Å². The summed E-state index contributed by atoms with van der Waals surface area (Å²) in [5.41, 5.74) is 5.67. The first kappa shape index (κ1) is 15.4. The van der Waals surface area contributed by atoms with Crippen molar-refractivity contribution in [2.75, 3.05) is 13.1 Å². The van der Waals surface area contributed by atoms with E-state index >= 15 is 0 Å². The summed E-state index contributed by atoms with van der Waals surface area (Å²) >= 11 is 0. The molecule has 1 unspecified atom stereocenters. The fourth-order valence-electron chi connectivity index (χ4n) is 2.17. The Bertz CT molecular complexity index is 359. The van der Waals surface area contributed by atoms with Gasteiger partial charge < -0.3 is 21.1 Å². The highest BCUT2D eigenvalue weighted by atomic mass is 16.4. The molecule has 1 saturated heterocycles. The molecule has 2 amide bonds. The lowest BCUT2D eigenvalue weighted by molar-refractivity contribution is -0.141. The van der Waals surface area contributed by atoms with Crippen LogP contribution in [0.1, 0.15) is 32.6 Å². The fourth-order valence-corrected chi connectivity index (χ4v) is 2.17. The Morgan fingerprint density at radius 3 is 2.68 bits per heavy atom. The first-order chi connectivity index (χ1) is 8.90. The van der Waals surface area contributed by atoms with Crippen LogP contribution >= 0.6 is 0 Å².